The number of ether oxygens (including phenoxy) is 1. The SMILES string of the molecule is O=C(c1cnccn1)N1CCC2(CC1)CC(O)CN(Cc1ccc3c(c1)CCO3)C2. The standard InChI is InChI=1S/C23H28N4O3/c28-19-12-23(4-8-27(9-5-23)22(29)20-13-24-6-7-25-20)16-26(15-19)14-17-1-2-21-18(11-17)3-10-30-21/h1-2,6-7,11,13,19,28H,3-5,8-10,12,14-16H2. The zero-order chi connectivity index (χ0) is 20.6. The number of benzene rings is 1. The molecule has 3 aliphatic heterocycles. The average molecular weight is 409 g/mol. The van der Waals surface area contributed by atoms with E-state index in [1.54, 1.807) is 12.4 Å². The number of carbonyl (C=O) groups excluding carboxylic acids is 1. The molecule has 1 amide bonds. The summed E-state index contributed by atoms with van der Waals surface area (Å²) in [5.74, 6) is 0.959. The monoisotopic (exact) mass is 408 g/mol. The molecule has 2 aromatic rings. The van der Waals surface area contributed by atoms with Gasteiger partial charge in [0, 0.05) is 51.5 Å². The number of aromatic nitrogens is 2. The van der Waals surface area contributed by atoms with Crippen molar-refractivity contribution >= 4 is 5.91 Å². The second kappa shape index (κ2) is 7.96. The van der Waals surface area contributed by atoms with E-state index in [0.717, 1.165) is 51.1 Å². The molecular formula is C23H28N4O3. The molecule has 0 saturated carbocycles. The summed E-state index contributed by atoms with van der Waals surface area (Å²) >= 11 is 0. The highest BCUT2D eigenvalue weighted by Crippen LogP contribution is 2.40. The molecule has 5 rings (SSSR count). The number of likely N-dealkylation sites (tertiary alicyclic amines) is 2. The molecule has 7 heteroatoms. The van der Waals surface area contributed by atoms with Gasteiger partial charge in [-0.25, -0.2) is 4.98 Å². The van der Waals surface area contributed by atoms with Crippen LogP contribution in [0.1, 0.15) is 40.9 Å². The van der Waals surface area contributed by atoms with E-state index in [0.29, 0.717) is 25.3 Å². The van der Waals surface area contributed by atoms with Gasteiger partial charge in [-0.2, -0.15) is 0 Å². The Balaban J connectivity index is 1.23. The van der Waals surface area contributed by atoms with Crippen molar-refractivity contribution in [3.05, 3.63) is 53.6 Å². The molecule has 158 valence electrons. The lowest BCUT2D eigenvalue weighted by atomic mass is 9.71. The Kier molecular flexibility index (Phi) is 5.16. The second-order valence-corrected chi connectivity index (χ2v) is 8.95. The third-order valence-electron chi connectivity index (χ3n) is 6.75. The van der Waals surface area contributed by atoms with E-state index in [1.165, 1.54) is 17.3 Å². The molecule has 2 fully saturated rings. The molecule has 1 atom stereocenters. The molecule has 0 bridgehead atoms. The highest BCUT2D eigenvalue weighted by Gasteiger charge is 2.42. The Labute approximate surface area is 176 Å². The lowest BCUT2D eigenvalue weighted by Crippen LogP contribution is -2.54. The third kappa shape index (κ3) is 3.91. The van der Waals surface area contributed by atoms with Crippen molar-refractivity contribution in [1.29, 1.82) is 0 Å². The summed E-state index contributed by atoms with van der Waals surface area (Å²) in [5.41, 5.74) is 3.03. The minimum atomic E-state index is -0.321. The quantitative estimate of drug-likeness (QED) is 0.836. The smallest absolute Gasteiger partial charge is 0.274 e. The molecule has 0 radical (unpaired) electrons. The number of amides is 1. The zero-order valence-electron chi connectivity index (χ0n) is 17.2. The van der Waals surface area contributed by atoms with Crippen LogP contribution in [0.2, 0.25) is 0 Å². The number of piperidine rings is 2. The van der Waals surface area contributed by atoms with Crippen molar-refractivity contribution in [2.24, 2.45) is 5.41 Å². The number of nitrogens with zero attached hydrogens (tertiary/aromatic N) is 4. The van der Waals surface area contributed by atoms with Gasteiger partial charge in [0.15, 0.2) is 0 Å². The Morgan fingerprint density at radius 1 is 1.27 bits per heavy atom. The average Bonchev–Trinajstić information content (AvgIpc) is 3.22. The second-order valence-electron chi connectivity index (χ2n) is 8.95. The van der Waals surface area contributed by atoms with Crippen molar-refractivity contribution in [2.75, 3.05) is 32.8 Å². The minimum Gasteiger partial charge on any atom is -0.493 e. The summed E-state index contributed by atoms with van der Waals surface area (Å²) in [6.07, 6.45) is 7.95. The zero-order valence-corrected chi connectivity index (χ0v) is 17.2. The van der Waals surface area contributed by atoms with Crippen LogP contribution in [0.5, 0.6) is 5.75 Å². The number of rotatable bonds is 3. The molecule has 4 heterocycles. The highest BCUT2D eigenvalue weighted by molar-refractivity contribution is 5.92. The van der Waals surface area contributed by atoms with E-state index in [-0.39, 0.29) is 17.4 Å². The van der Waals surface area contributed by atoms with Crippen LogP contribution in [0.25, 0.3) is 0 Å². The lowest BCUT2D eigenvalue weighted by molar-refractivity contribution is -0.0404. The third-order valence-corrected chi connectivity index (χ3v) is 6.75. The first-order valence-corrected chi connectivity index (χ1v) is 10.8. The van der Waals surface area contributed by atoms with E-state index < -0.39 is 0 Å². The Morgan fingerprint density at radius 3 is 2.93 bits per heavy atom. The maximum Gasteiger partial charge on any atom is 0.274 e. The summed E-state index contributed by atoms with van der Waals surface area (Å²) in [6, 6.07) is 6.46. The van der Waals surface area contributed by atoms with Gasteiger partial charge in [0.25, 0.3) is 5.91 Å². The fourth-order valence-electron chi connectivity index (χ4n) is 5.30. The van der Waals surface area contributed by atoms with E-state index in [1.807, 2.05) is 4.90 Å². The number of hydrogen-bond donors (Lipinski definition) is 1. The number of fused-ring (bicyclic) bond motifs is 1. The first-order valence-electron chi connectivity index (χ1n) is 10.8. The van der Waals surface area contributed by atoms with Gasteiger partial charge in [0.2, 0.25) is 0 Å². The van der Waals surface area contributed by atoms with Crippen LogP contribution in [0.15, 0.2) is 36.8 Å². The van der Waals surface area contributed by atoms with Gasteiger partial charge in [-0.3, -0.25) is 14.7 Å². The lowest BCUT2D eigenvalue weighted by Gasteiger charge is -2.49. The number of aliphatic hydroxyl groups is 1. The molecule has 2 saturated heterocycles. The molecule has 1 N–H and O–H groups in total. The van der Waals surface area contributed by atoms with Crippen molar-refractivity contribution in [2.45, 2.75) is 38.3 Å². The van der Waals surface area contributed by atoms with Crippen molar-refractivity contribution < 1.29 is 14.6 Å². The number of β-amino-alcohol motifs (C(OH)–C–C–N with tert-alkyl or cyclic N) is 1. The molecule has 1 unspecified atom stereocenters. The Bertz CT molecular complexity index is 912. The predicted octanol–water partition coefficient (Wildman–Crippen LogP) is 1.90. The molecule has 1 aromatic carbocycles. The maximum absolute atomic E-state index is 12.7. The van der Waals surface area contributed by atoms with E-state index in [2.05, 4.69) is 33.1 Å². The summed E-state index contributed by atoms with van der Waals surface area (Å²) in [4.78, 5) is 25.1. The molecule has 1 aromatic heterocycles. The Hall–Kier alpha value is -2.51. The first-order chi connectivity index (χ1) is 14.6. The fraction of sp³-hybridized carbons (Fsp3) is 0.522. The largest absolute Gasteiger partial charge is 0.493 e. The topological polar surface area (TPSA) is 78.8 Å². The van der Waals surface area contributed by atoms with Crippen LogP contribution >= 0.6 is 0 Å². The molecule has 7 nitrogen and oxygen atoms in total. The van der Waals surface area contributed by atoms with Gasteiger partial charge in [-0.15, -0.1) is 0 Å². The Morgan fingerprint density at radius 2 is 2.13 bits per heavy atom. The molecule has 30 heavy (non-hydrogen) atoms. The van der Waals surface area contributed by atoms with E-state index in [9.17, 15) is 9.90 Å². The van der Waals surface area contributed by atoms with Gasteiger partial charge in [-0.1, -0.05) is 12.1 Å². The highest BCUT2D eigenvalue weighted by atomic mass is 16.5. The molecule has 0 aliphatic carbocycles. The normalized spacial score (nSPS) is 23.2. The van der Waals surface area contributed by atoms with Crippen LogP contribution in [0, 0.1) is 5.41 Å². The molecule has 3 aliphatic rings. The van der Waals surface area contributed by atoms with Crippen molar-refractivity contribution in [3.8, 4) is 5.75 Å². The van der Waals surface area contributed by atoms with Gasteiger partial charge >= 0.3 is 0 Å². The van der Waals surface area contributed by atoms with Gasteiger partial charge in [0.05, 0.1) is 18.9 Å². The summed E-state index contributed by atoms with van der Waals surface area (Å²) < 4.78 is 5.62. The summed E-state index contributed by atoms with van der Waals surface area (Å²) in [6.45, 7) is 4.68. The maximum atomic E-state index is 12.7. The number of carbonyl (C=O) groups is 1. The van der Waals surface area contributed by atoms with Crippen LogP contribution < -0.4 is 4.74 Å². The van der Waals surface area contributed by atoms with E-state index in [4.69, 9.17) is 4.74 Å². The molecule has 1 spiro atoms. The van der Waals surface area contributed by atoms with Crippen molar-refractivity contribution in [1.82, 2.24) is 19.8 Å². The van der Waals surface area contributed by atoms with Crippen LogP contribution in [-0.4, -0.2) is 69.7 Å². The number of hydrogen-bond acceptors (Lipinski definition) is 6. The summed E-state index contributed by atoms with van der Waals surface area (Å²) in [7, 11) is 0. The predicted molar refractivity (Wildman–Crippen MR) is 111 cm³/mol. The van der Waals surface area contributed by atoms with Crippen LogP contribution in [-0.2, 0) is 13.0 Å². The van der Waals surface area contributed by atoms with Crippen LogP contribution in [0.3, 0.4) is 0 Å². The van der Waals surface area contributed by atoms with Crippen molar-refractivity contribution in [3.63, 3.8) is 0 Å². The van der Waals surface area contributed by atoms with Gasteiger partial charge in [0.1, 0.15) is 11.4 Å². The number of aliphatic hydroxyl groups excluding tert-OH is 1. The molecular weight excluding hydrogens is 380 g/mol. The van der Waals surface area contributed by atoms with Crippen LogP contribution in [0.4, 0.5) is 0 Å². The van der Waals surface area contributed by atoms with E-state index >= 15 is 0 Å². The van der Waals surface area contributed by atoms with Gasteiger partial charge in [-0.05, 0) is 41.9 Å². The summed E-state index contributed by atoms with van der Waals surface area (Å²) in [5, 5.41) is 10.6. The minimum absolute atomic E-state index is 0.0495. The first kappa shape index (κ1) is 19.5. The van der Waals surface area contributed by atoms with Gasteiger partial charge < -0.3 is 14.7 Å². The fourth-order valence-corrected chi connectivity index (χ4v) is 5.30.